The molecule has 2 rings (SSSR count). The van der Waals surface area contributed by atoms with Gasteiger partial charge in [-0.05, 0) is 6.07 Å². The first-order valence-corrected chi connectivity index (χ1v) is 5.65. The highest BCUT2D eigenvalue weighted by atomic mass is 16.5. The molecule has 0 aliphatic carbocycles. The lowest BCUT2D eigenvalue weighted by Gasteiger charge is -2.12. The number of nitrogens with one attached hydrogen (secondary N) is 1. The molecule has 0 saturated carbocycles. The first kappa shape index (κ1) is 12.9. The molecule has 1 aromatic carbocycles. The number of benzene rings is 1. The van der Waals surface area contributed by atoms with E-state index in [1.165, 1.54) is 6.92 Å². The van der Waals surface area contributed by atoms with Crippen molar-refractivity contribution in [3.63, 3.8) is 0 Å². The Hall–Kier alpha value is -2.50. The van der Waals surface area contributed by atoms with E-state index < -0.39 is 0 Å². The maximum Gasteiger partial charge on any atom is 0.221 e. The van der Waals surface area contributed by atoms with Gasteiger partial charge in [0.2, 0.25) is 5.91 Å². The normalized spacial score (nSPS) is 10.3. The van der Waals surface area contributed by atoms with Crippen LogP contribution in [0.2, 0.25) is 0 Å². The summed E-state index contributed by atoms with van der Waals surface area (Å²) in [6, 6.07) is 5.06. The Morgan fingerprint density at radius 3 is 2.42 bits per heavy atom. The summed E-state index contributed by atoms with van der Waals surface area (Å²) in [6.45, 7) is 1.43. The van der Waals surface area contributed by atoms with Crippen molar-refractivity contribution in [1.29, 1.82) is 0 Å². The van der Waals surface area contributed by atoms with Gasteiger partial charge in [-0.1, -0.05) is 0 Å². The lowest BCUT2D eigenvalue weighted by atomic mass is 10.1. The molecule has 3 N–H and O–H groups in total. The second-order valence-electron chi connectivity index (χ2n) is 4.00. The minimum absolute atomic E-state index is 0.169. The number of nitrogens with two attached hydrogens (primary N) is 1. The molecule has 1 aromatic heterocycles. The van der Waals surface area contributed by atoms with Gasteiger partial charge < -0.3 is 20.5 Å². The Balaban J connectivity index is 2.72. The first-order valence-electron chi connectivity index (χ1n) is 5.65. The second kappa shape index (κ2) is 5.01. The van der Waals surface area contributed by atoms with Crippen LogP contribution in [-0.4, -0.2) is 25.1 Å². The van der Waals surface area contributed by atoms with Crippen LogP contribution in [0.3, 0.4) is 0 Å². The molecule has 0 spiro atoms. The first-order chi connectivity index (χ1) is 9.05. The van der Waals surface area contributed by atoms with Gasteiger partial charge in [0.05, 0.1) is 25.1 Å². The van der Waals surface area contributed by atoms with Crippen LogP contribution in [0.1, 0.15) is 6.92 Å². The van der Waals surface area contributed by atoms with E-state index in [0.29, 0.717) is 33.9 Å². The number of methoxy groups -OCH3 is 2. The third-order valence-electron chi connectivity index (χ3n) is 2.62. The van der Waals surface area contributed by atoms with E-state index in [4.69, 9.17) is 15.2 Å². The summed E-state index contributed by atoms with van der Waals surface area (Å²) in [7, 11) is 3.09. The fraction of sp³-hybridized carbons (Fsp3) is 0.231. The predicted octanol–water partition coefficient (Wildman–Crippen LogP) is 1.79. The highest BCUT2D eigenvalue weighted by Gasteiger charge is 2.13. The Labute approximate surface area is 110 Å². The number of hydrogen-bond donors (Lipinski definition) is 2. The lowest BCUT2D eigenvalue weighted by molar-refractivity contribution is -0.114. The number of carbonyl (C=O) groups excluding carboxylic acids is 1. The maximum absolute atomic E-state index is 11.1. The summed E-state index contributed by atoms with van der Waals surface area (Å²) < 4.78 is 10.6. The Morgan fingerprint density at radius 1 is 1.21 bits per heavy atom. The number of aromatic nitrogens is 1. The zero-order valence-corrected chi connectivity index (χ0v) is 11.0. The number of hydrogen-bond acceptors (Lipinski definition) is 5. The van der Waals surface area contributed by atoms with Crippen LogP contribution in [0.25, 0.3) is 10.9 Å². The SMILES string of the molecule is COc1cc(NC(C)=O)cc2nc(N)cc(OC)c12. The molecule has 1 heterocycles. The molecule has 6 heteroatoms. The molecule has 0 atom stereocenters. The van der Waals surface area contributed by atoms with Crippen LogP contribution >= 0.6 is 0 Å². The molecule has 19 heavy (non-hydrogen) atoms. The zero-order chi connectivity index (χ0) is 14.0. The molecular formula is C13H15N3O3. The Kier molecular flexibility index (Phi) is 3.41. The van der Waals surface area contributed by atoms with Gasteiger partial charge in [0.25, 0.3) is 0 Å². The summed E-state index contributed by atoms with van der Waals surface area (Å²) >= 11 is 0. The Bertz CT molecular complexity index is 641. The summed E-state index contributed by atoms with van der Waals surface area (Å²) in [5.74, 6) is 1.31. The van der Waals surface area contributed by atoms with E-state index in [2.05, 4.69) is 10.3 Å². The summed E-state index contributed by atoms with van der Waals surface area (Å²) in [4.78, 5) is 15.3. The number of rotatable bonds is 3. The van der Waals surface area contributed by atoms with Gasteiger partial charge in [-0.25, -0.2) is 4.98 Å². The van der Waals surface area contributed by atoms with Crippen molar-refractivity contribution in [2.75, 3.05) is 25.3 Å². The fourth-order valence-corrected chi connectivity index (χ4v) is 1.91. The molecule has 0 aliphatic heterocycles. The van der Waals surface area contributed by atoms with Gasteiger partial charge >= 0.3 is 0 Å². The second-order valence-corrected chi connectivity index (χ2v) is 4.00. The molecule has 0 radical (unpaired) electrons. The quantitative estimate of drug-likeness (QED) is 0.879. The molecule has 1 amide bonds. The summed E-state index contributed by atoms with van der Waals surface area (Å²) in [5, 5.41) is 3.40. The minimum atomic E-state index is -0.169. The van der Waals surface area contributed by atoms with Gasteiger partial charge in [-0.2, -0.15) is 0 Å². The van der Waals surface area contributed by atoms with Crippen molar-refractivity contribution in [2.45, 2.75) is 6.92 Å². The van der Waals surface area contributed by atoms with Crippen LogP contribution < -0.4 is 20.5 Å². The molecule has 6 nitrogen and oxygen atoms in total. The monoisotopic (exact) mass is 261 g/mol. The third-order valence-corrected chi connectivity index (χ3v) is 2.62. The predicted molar refractivity (Wildman–Crippen MR) is 73.6 cm³/mol. The number of carbonyl (C=O) groups is 1. The van der Waals surface area contributed by atoms with Crippen molar-refractivity contribution >= 4 is 28.3 Å². The van der Waals surface area contributed by atoms with Crippen LogP contribution in [0.5, 0.6) is 11.5 Å². The molecule has 0 unspecified atom stereocenters. The number of nitrogens with zero attached hydrogens (tertiary/aromatic N) is 1. The zero-order valence-electron chi connectivity index (χ0n) is 11.0. The molecular weight excluding hydrogens is 246 g/mol. The molecule has 0 aliphatic rings. The van der Waals surface area contributed by atoms with E-state index in [1.54, 1.807) is 32.4 Å². The van der Waals surface area contributed by atoms with Crippen molar-refractivity contribution in [1.82, 2.24) is 4.98 Å². The molecule has 2 aromatic rings. The van der Waals surface area contributed by atoms with Gasteiger partial charge in [0, 0.05) is 24.7 Å². The third kappa shape index (κ3) is 2.52. The molecule has 0 fully saturated rings. The van der Waals surface area contributed by atoms with Crippen LogP contribution in [0.15, 0.2) is 18.2 Å². The summed E-state index contributed by atoms with van der Waals surface area (Å²) in [6.07, 6.45) is 0. The number of ether oxygens (including phenoxy) is 2. The van der Waals surface area contributed by atoms with Crippen molar-refractivity contribution in [3.8, 4) is 11.5 Å². The number of amides is 1. The largest absolute Gasteiger partial charge is 0.496 e. The highest BCUT2D eigenvalue weighted by molar-refractivity contribution is 5.98. The number of pyridine rings is 1. The number of fused-ring (bicyclic) bond motifs is 1. The van der Waals surface area contributed by atoms with Gasteiger partial charge in [-0.15, -0.1) is 0 Å². The average molecular weight is 261 g/mol. The van der Waals surface area contributed by atoms with E-state index >= 15 is 0 Å². The smallest absolute Gasteiger partial charge is 0.221 e. The van der Waals surface area contributed by atoms with Crippen LogP contribution in [0.4, 0.5) is 11.5 Å². The van der Waals surface area contributed by atoms with E-state index in [9.17, 15) is 4.79 Å². The maximum atomic E-state index is 11.1. The van der Waals surface area contributed by atoms with E-state index in [0.717, 1.165) is 0 Å². The number of anilines is 2. The van der Waals surface area contributed by atoms with Crippen LogP contribution in [0, 0.1) is 0 Å². The summed E-state index contributed by atoms with van der Waals surface area (Å²) in [5.41, 5.74) is 6.92. The van der Waals surface area contributed by atoms with E-state index in [1.807, 2.05) is 0 Å². The molecule has 100 valence electrons. The average Bonchev–Trinajstić information content (AvgIpc) is 2.35. The molecule has 0 saturated heterocycles. The number of nitrogen functional groups attached to an aromatic ring is 1. The van der Waals surface area contributed by atoms with Gasteiger partial charge in [-0.3, -0.25) is 4.79 Å². The van der Waals surface area contributed by atoms with Crippen molar-refractivity contribution < 1.29 is 14.3 Å². The standard InChI is InChI=1S/C13H15N3O3/c1-7(17)15-8-4-9-13(10(5-8)18-2)11(19-3)6-12(14)16-9/h4-6H,1-3H3,(H2,14,16)(H,15,17). The minimum Gasteiger partial charge on any atom is -0.496 e. The van der Waals surface area contributed by atoms with Crippen molar-refractivity contribution in [2.24, 2.45) is 0 Å². The Morgan fingerprint density at radius 2 is 1.84 bits per heavy atom. The topological polar surface area (TPSA) is 86.5 Å². The fourth-order valence-electron chi connectivity index (χ4n) is 1.91. The highest BCUT2D eigenvalue weighted by Crippen LogP contribution is 2.36. The van der Waals surface area contributed by atoms with Gasteiger partial charge in [0.1, 0.15) is 17.3 Å². The van der Waals surface area contributed by atoms with E-state index in [-0.39, 0.29) is 5.91 Å². The lowest BCUT2D eigenvalue weighted by Crippen LogP contribution is -2.06. The van der Waals surface area contributed by atoms with Crippen molar-refractivity contribution in [3.05, 3.63) is 18.2 Å². The molecule has 0 bridgehead atoms. The van der Waals surface area contributed by atoms with Crippen LogP contribution in [-0.2, 0) is 4.79 Å². The van der Waals surface area contributed by atoms with Gasteiger partial charge in [0.15, 0.2) is 0 Å².